The number of methoxy groups -OCH3 is 1. The maximum Gasteiger partial charge on any atom is 0.221 e. The molecule has 5 nitrogen and oxygen atoms in total. The van der Waals surface area contributed by atoms with Crippen molar-refractivity contribution >= 4 is 17.3 Å². The van der Waals surface area contributed by atoms with Gasteiger partial charge in [-0.3, -0.25) is 4.79 Å². The van der Waals surface area contributed by atoms with Crippen LogP contribution >= 0.6 is 0 Å². The number of amides is 1. The summed E-state index contributed by atoms with van der Waals surface area (Å²) in [6.45, 7) is 4.62. The van der Waals surface area contributed by atoms with E-state index in [1.807, 2.05) is 48.5 Å². The molecule has 0 heterocycles. The molecule has 0 unspecified atom stereocenters. The summed E-state index contributed by atoms with van der Waals surface area (Å²) in [5.41, 5.74) is 5.04. The van der Waals surface area contributed by atoms with Crippen LogP contribution in [0.25, 0.3) is 0 Å². The SMILES string of the molecule is COc1cccc(CNc2ccc(NC(C)=O)cc2)c1OCc1cccc(C)c1. The maximum atomic E-state index is 11.1. The predicted molar refractivity (Wildman–Crippen MR) is 117 cm³/mol. The van der Waals surface area contributed by atoms with Gasteiger partial charge in [0.05, 0.1) is 7.11 Å². The third-order valence-corrected chi connectivity index (χ3v) is 4.43. The highest BCUT2D eigenvalue weighted by Gasteiger charge is 2.11. The van der Waals surface area contributed by atoms with Gasteiger partial charge in [-0.25, -0.2) is 0 Å². The number of hydrogen-bond acceptors (Lipinski definition) is 4. The highest BCUT2D eigenvalue weighted by atomic mass is 16.5. The first kappa shape index (κ1) is 20.3. The lowest BCUT2D eigenvalue weighted by Crippen LogP contribution is -2.07. The minimum Gasteiger partial charge on any atom is -0.493 e. The van der Waals surface area contributed by atoms with E-state index in [-0.39, 0.29) is 5.91 Å². The first-order valence-corrected chi connectivity index (χ1v) is 9.51. The van der Waals surface area contributed by atoms with Crippen molar-refractivity contribution in [2.45, 2.75) is 27.0 Å². The Kier molecular flexibility index (Phi) is 6.74. The van der Waals surface area contributed by atoms with Crippen LogP contribution in [0.2, 0.25) is 0 Å². The third-order valence-electron chi connectivity index (χ3n) is 4.43. The van der Waals surface area contributed by atoms with E-state index in [0.29, 0.717) is 18.9 Å². The molecule has 0 atom stereocenters. The Hall–Kier alpha value is -3.47. The van der Waals surface area contributed by atoms with Crippen LogP contribution in [0.15, 0.2) is 66.7 Å². The van der Waals surface area contributed by atoms with E-state index in [1.54, 1.807) is 7.11 Å². The van der Waals surface area contributed by atoms with Crippen molar-refractivity contribution < 1.29 is 14.3 Å². The lowest BCUT2D eigenvalue weighted by Gasteiger charge is -2.16. The number of carbonyl (C=O) groups excluding carboxylic acids is 1. The molecule has 0 spiro atoms. The second-order valence-electron chi connectivity index (χ2n) is 6.84. The Balaban J connectivity index is 1.71. The van der Waals surface area contributed by atoms with Crippen molar-refractivity contribution in [3.05, 3.63) is 83.4 Å². The summed E-state index contributed by atoms with van der Waals surface area (Å²) < 4.78 is 11.6. The Morgan fingerprint density at radius 1 is 0.966 bits per heavy atom. The third kappa shape index (κ3) is 5.75. The van der Waals surface area contributed by atoms with Crippen molar-refractivity contribution in [2.24, 2.45) is 0 Å². The Bertz CT molecular complexity index is 968. The number of ether oxygens (including phenoxy) is 2. The standard InChI is InChI=1S/C24H26N2O3/c1-17-6-4-7-19(14-17)16-29-24-20(8-5-9-23(24)28-3)15-25-21-10-12-22(13-11-21)26-18(2)27/h4-14,25H,15-16H2,1-3H3,(H,26,27). The highest BCUT2D eigenvalue weighted by Crippen LogP contribution is 2.32. The zero-order valence-corrected chi connectivity index (χ0v) is 17.0. The van der Waals surface area contributed by atoms with Gasteiger partial charge in [-0.2, -0.15) is 0 Å². The van der Waals surface area contributed by atoms with Crippen molar-refractivity contribution in [3.63, 3.8) is 0 Å². The zero-order valence-electron chi connectivity index (χ0n) is 17.0. The van der Waals surface area contributed by atoms with Crippen LogP contribution in [-0.4, -0.2) is 13.0 Å². The Morgan fingerprint density at radius 3 is 2.38 bits per heavy atom. The average molecular weight is 390 g/mol. The first-order chi connectivity index (χ1) is 14.0. The van der Waals surface area contributed by atoms with Gasteiger partial charge in [0, 0.05) is 30.4 Å². The number of carbonyl (C=O) groups is 1. The second kappa shape index (κ2) is 9.64. The molecule has 0 fully saturated rings. The van der Waals surface area contributed by atoms with Crippen LogP contribution in [0, 0.1) is 6.92 Å². The summed E-state index contributed by atoms with van der Waals surface area (Å²) in [6, 6.07) is 21.7. The molecule has 0 radical (unpaired) electrons. The summed E-state index contributed by atoms with van der Waals surface area (Å²) in [6.07, 6.45) is 0. The average Bonchev–Trinajstić information content (AvgIpc) is 2.71. The van der Waals surface area contributed by atoms with Gasteiger partial charge in [-0.1, -0.05) is 42.0 Å². The number of benzene rings is 3. The summed E-state index contributed by atoms with van der Waals surface area (Å²) in [7, 11) is 1.65. The lowest BCUT2D eigenvalue weighted by molar-refractivity contribution is -0.114. The number of rotatable bonds is 8. The zero-order chi connectivity index (χ0) is 20.6. The molecule has 2 N–H and O–H groups in total. The molecule has 0 aliphatic rings. The lowest BCUT2D eigenvalue weighted by atomic mass is 10.1. The van der Waals surface area contributed by atoms with Crippen LogP contribution in [0.4, 0.5) is 11.4 Å². The maximum absolute atomic E-state index is 11.1. The topological polar surface area (TPSA) is 59.6 Å². The van der Waals surface area contributed by atoms with Gasteiger partial charge >= 0.3 is 0 Å². The molecule has 1 amide bonds. The fourth-order valence-corrected chi connectivity index (χ4v) is 3.05. The van der Waals surface area contributed by atoms with Gasteiger partial charge in [0.25, 0.3) is 0 Å². The molecule has 29 heavy (non-hydrogen) atoms. The fraction of sp³-hybridized carbons (Fsp3) is 0.208. The number of aryl methyl sites for hydroxylation is 1. The van der Waals surface area contributed by atoms with Gasteiger partial charge < -0.3 is 20.1 Å². The molecule has 150 valence electrons. The van der Waals surface area contributed by atoms with E-state index in [4.69, 9.17) is 9.47 Å². The van der Waals surface area contributed by atoms with E-state index >= 15 is 0 Å². The van der Waals surface area contributed by atoms with E-state index < -0.39 is 0 Å². The van der Waals surface area contributed by atoms with Gasteiger partial charge in [-0.15, -0.1) is 0 Å². The number of hydrogen-bond donors (Lipinski definition) is 2. The monoisotopic (exact) mass is 390 g/mol. The smallest absolute Gasteiger partial charge is 0.221 e. The highest BCUT2D eigenvalue weighted by molar-refractivity contribution is 5.88. The first-order valence-electron chi connectivity index (χ1n) is 9.51. The minimum atomic E-state index is -0.0857. The normalized spacial score (nSPS) is 10.3. The molecule has 5 heteroatoms. The number of para-hydroxylation sites is 1. The molecule has 0 bridgehead atoms. The summed E-state index contributed by atoms with van der Waals surface area (Å²) in [5, 5.41) is 6.16. The van der Waals surface area contributed by atoms with Crippen molar-refractivity contribution in [3.8, 4) is 11.5 Å². The quantitative estimate of drug-likeness (QED) is 0.558. The molecular weight excluding hydrogens is 364 g/mol. The molecule has 3 rings (SSSR count). The molecule has 0 aliphatic carbocycles. The molecule has 0 aliphatic heterocycles. The van der Waals surface area contributed by atoms with Crippen molar-refractivity contribution in [2.75, 3.05) is 17.7 Å². The van der Waals surface area contributed by atoms with Crippen LogP contribution in [-0.2, 0) is 17.9 Å². The molecule has 3 aromatic carbocycles. The van der Waals surface area contributed by atoms with Crippen LogP contribution in [0.1, 0.15) is 23.6 Å². The van der Waals surface area contributed by atoms with Gasteiger partial charge in [0.2, 0.25) is 5.91 Å². The number of anilines is 2. The molecule has 3 aromatic rings. The molecule has 0 saturated carbocycles. The van der Waals surface area contributed by atoms with Crippen LogP contribution in [0.3, 0.4) is 0 Å². The van der Waals surface area contributed by atoms with E-state index in [2.05, 4.69) is 35.8 Å². The Morgan fingerprint density at radius 2 is 1.69 bits per heavy atom. The largest absolute Gasteiger partial charge is 0.493 e. The summed E-state index contributed by atoms with van der Waals surface area (Å²) in [4.78, 5) is 11.1. The second-order valence-corrected chi connectivity index (χ2v) is 6.84. The Labute approximate surface area is 171 Å². The predicted octanol–water partition coefficient (Wildman–Crippen LogP) is 5.15. The molecule has 0 aromatic heterocycles. The summed E-state index contributed by atoms with van der Waals surface area (Å²) >= 11 is 0. The number of nitrogens with one attached hydrogen (secondary N) is 2. The van der Waals surface area contributed by atoms with E-state index in [0.717, 1.165) is 28.3 Å². The molecule has 0 saturated heterocycles. The molecular formula is C24H26N2O3. The van der Waals surface area contributed by atoms with Crippen LogP contribution in [0.5, 0.6) is 11.5 Å². The summed E-state index contributed by atoms with van der Waals surface area (Å²) in [5.74, 6) is 1.36. The minimum absolute atomic E-state index is 0.0857. The fourth-order valence-electron chi connectivity index (χ4n) is 3.05. The van der Waals surface area contributed by atoms with Crippen LogP contribution < -0.4 is 20.1 Å². The van der Waals surface area contributed by atoms with E-state index in [1.165, 1.54) is 12.5 Å². The van der Waals surface area contributed by atoms with E-state index in [9.17, 15) is 4.79 Å². The van der Waals surface area contributed by atoms with Crippen molar-refractivity contribution in [1.29, 1.82) is 0 Å². The van der Waals surface area contributed by atoms with Gasteiger partial charge in [-0.05, 0) is 42.8 Å². The van der Waals surface area contributed by atoms with Crippen molar-refractivity contribution in [1.82, 2.24) is 0 Å². The van der Waals surface area contributed by atoms with Gasteiger partial charge in [0.15, 0.2) is 11.5 Å². The van der Waals surface area contributed by atoms with Gasteiger partial charge in [0.1, 0.15) is 6.61 Å².